The van der Waals surface area contributed by atoms with Crippen LogP contribution < -0.4 is 19.6 Å². The Kier molecular flexibility index (Phi) is 7.61. The Morgan fingerprint density at radius 3 is 2.23 bits per heavy atom. The van der Waals surface area contributed by atoms with Crippen LogP contribution in [0, 0.1) is 13.8 Å². The van der Waals surface area contributed by atoms with Crippen molar-refractivity contribution in [3.8, 4) is 5.75 Å². The molecule has 0 radical (unpaired) electrons. The number of hydrogen-bond acceptors (Lipinski definition) is 6. The van der Waals surface area contributed by atoms with Gasteiger partial charge in [-0.3, -0.25) is 9.36 Å². The normalized spacial score (nSPS) is 15.1. The first kappa shape index (κ1) is 26.4. The van der Waals surface area contributed by atoms with Crippen molar-refractivity contribution >= 4 is 23.4 Å². The fourth-order valence-electron chi connectivity index (χ4n) is 4.52. The van der Waals surface area contributed by atoms with E-state index in [0.717, 1.165) is 28.0 Å². The number of rotatable bonds is 7. The average Bonchev–Trinajstić information content (AvgIpc) is 3.23. The van der Waals surface area contributed by atoms with Crippen LogP contribution >= 0.6 is 11.3 Å². The second kappa shape index (κ2) is 11.3. The third kappa shape index (κ3) is 5.64. The SMILES string of the molecule is CCOC(=O)C1=C(C)N=c2s/c(=C/c3ccc(OCc4ccc(C)cc4)cc3)c(=O)n2[C@@H]1c1ccc(C)cc1. The molecule has 0 N–H and O–H groups in total. The molecule has 7 heteroatoms. The van der Waals surface area contributed by atoms with Crippen molar-refractivity contribution < 1.29 is 14.3 Å². The second-order valence-corrected chi connectivity index (χ2v) is 10.6. The van der Waals surface area contributed by atoms with Crippen LogP contribution in [0.3, 0.4) is 0 Å². The van der Waals surface area contributed by atoms with Crippen molar-refractivity contribution in [3.05, 3.63) is 132 Å². The summed E-state index contributed by atoms with van der Waals surface area (Å²) in [6.07, 6.45) is 1.85. The van der Waals surface area contributed by atoms with Gasteiger partial charge in [0.1, 0.15) is 12.4 Å². The van der Waals surface area contributed by atoms with E-state index in [1.165, 1.54) is 16.9 Å². The quantitative estimate of drug-likeness (QED) is 0.311. The molecular formula is C32H30N2O4S. The molecule has 1 aliphatic heterocycles. The predicted molar refractivity (Wildman–Crippen MR) is 154 cm³/mol. The molecule has 0 saturated heterocycles. The monoisotopic (exact) mass is 538 g/mol. The molecule has 2 heterocycles. The van der Waals surface area contributed by atoms with Crippen LogP contribution in [0.5, 0.6) is 5.75 Å². The maximum atomic E-state index is 13.7. The van der Waals surface area contributed by atoms with Gasteiger partial charge in [0.05, 0.1) is 28.5 Å². The first-order valence-electron chi connectivity index (χ1n) is 12.9. The van der Waals surface area contributed by atoms with Gasteiger partial charge in [-0.05, 0) is 62.6 Å². The van der Waals surface area contributed by atoms with Gasteiger partial charge < -0.3 is 9.47 Å². The smallest absolute Gasteiger partial charge is 0.338 e. The minimum Gasteiger partial charge on any atom is -0.489 e. The van der Waals surface area contributed by atoms with Crippen molar-refractivity contribution in [3.63, 3.8) is 0 Å². The Labute approximate surface area is 231 Å². The van der Waals surface area contributed by atoms with Crippen molar-refractivity contribution in [2.45, 2.75) is 40.3 Å². The molecule has 5 rings (SSSR count). The molecule has 0 aliphatic carbocycles. The number of aromatic nitrogens is 1. The first-order valence-corrected chi connectivity index (χ1v) is 13.7. The van der Waals surface area contributed by atoms with Gasteiger partial charge in [-0.2, -0.15) is 0 Å². The summed E-state index contributed by atoms with van der Waals surface area (Å²) < 4.78 is 13.4. The molecule has 198 valence electrons. The molecule has 1 aliphatic rings. The Hall–Kier alpha value is -4.23. The van der Waals surface area contributed by atoms with Gasteiger partial charge in [-0.1, -0.05) is 83.1 Å². The van der Waals surface area contributed by atoms with E-state index < -0.39 is 12.0 Å². The van der Waals surface area contributed by atoms with Gasteiger partial charge in [-0.15, -0.1) is 0 Å². The van der Waals surface area contributed by atoms with E-state index in [4.69, 9.17) is 9.47 Å². The summed E-state index contributed by atoms with van der Waals surface area (Å²) in [5, 5.41) is 0. The molecular weight excluding hydrogens is 508 g/mol. The Morgan fingerprint density at radius 1 is 0.949 bits per heavy atom. The Morgan fingerprint density at radius 2 is 1.59 bits per heavy atom. The highest BCUT2D eigenvalue weighted by Gasteiger charge is 2.33. The largest absolute Gasteiger partial charge is 0.489 e. The van der Waals surface area contributed by atoms with Gasteiger partial charge in [0.15, 0.2) is 4.80 Å². The van der Waals surface area contributed by atoms with Crippen LogP contribution in [0.4, 0.5) is 0 Å². The van der Waals surface area contributed by atoms with Gasteiger partial charge in [0.25, 0.3) is 5.56 Å². The first-order chi connectivity index (χ1) is 18.8. The lowest BCUT2D eigenvalue weighted by Crippen LogP contribution is -2.39. The zero-order valence-corrected chi connectivity index (χ0v) is 23.2. The number of carbonyl (C=O) groups is 1. The number of benzene rings is 3. The van der Waals surface area contributed by atoms with Crippen LogP contribution in [-0.2, 0) is 16.1 Å². The average molecular weight is 539 g/mol. The summed E-state index contributed by atoms with van der Waals surface area (Å²) in [6, 6.07) is 23.1. The number of carbonyl (C=O) groups excluding carboxylic acids is 1. The van der Waals surface area contributed by atoms with Gasteiger partial charge in [0.2, 0.25) is 0 Å². The summed E-state index contributed by atoms with van der Waals surface area (Å²) in [7, 11) is 0. The maximum Gasteiger partial charge on any atom is 0.338 e. The summed E-state index contributed by atoms with van der Waals surface area (Å²) in [5.74, 6) is 0.295. The fourth-order valence-corrected chi connectivity index (χ4v) is 5.56. The minimum absolute atomic E-state index is 0.196. The number of aryl methyl sites for hydroxylation is 2. The van der Waals surface area contributed by atoms with E-state index in [0.29, 0.717) is 27.2 Å². The number of thiazole rings is 1. The standard InChI is InChI=1S/C32H30N2O4S/c1-5-37-31(36)28-22(4)33-32-34(29(28)25-14-8-21(3)9-15-25)30(35)27(39-32)18-23-12-16-26(17-13-23)38-19-24-10-6-20(2)7-11-24/h6-18,29H,5,19H2,1-4H3/b27-18+/t29-/m1/s1. The number of fused-ring (bicyclic) bond motifs is 1. The molecule has 0 amide bonds. The van der Waals surface area contributed by atoms with E-state index in [1.54, 1.807) is 18.4 Å². The Bertz CT molecular complexity index is 1710. The number of esters is 1. The summed E-state index contributed by atoms with van der Waals surface area (Å²) in [6.45, 7) is 8.35. The number of hydrogen-bond donors (Lipinski definition) is 0. The molecule has 0 unspecified atom stereocenters. The van der Waals surface area contributed by atoms with Crippen LogP contribution in [0.15, 0.2) is 93.9 Å². The van der Waals surface area contributed by atoms with Crippen LogP contribution in [0.2, 0.25) is 0 Å². The van der Waals surface area contributed by atoms with Crippen molar-refractivity contribution in [1.82, 2.24) is 4.57 Å². The van der Waals surface area contributed by atoms with Crippen LogP contribution in [-0.4, -0.2) is 17.1 Å². The highest BCUT2D eigenvalue weighted by atomic mass is 32.1. The fraction of sp³-hybridized carbons (Fsp3) is 0.219. The lowest BCUT2D eigenvalue weighted by atomic mass is 9.95. The molecule has 0 spiro atoms. The van der Waals surface area contributed by atoms with Crippen molar-refractivity contribution in [2.75, 3.05) is 6.61 Å². The maximum absolute atomic E-state index is 13.7. The number of nitrogens with zero attached hydrogens (tertiary/aromatic N) is 2. The molecule has 0 saturated carbocycles. The lowest BCUT2D eigenvalue weighted by molar-refractivity contribution is -0.139. The van der Waals surface area contributed by atoms with Crippen molar-refractivity contribution in [1.29, 1.82) is 0 Å². The summed E-state index contributed by atoms with van der Waals surface area (Å²) >= 11 is 1.31. The van der Waals surface area contributed by atoms with Crippen LogP contribution in [0.25, 0.3) is 6.08 Å². The van der Waals surface area contributed by atoms with E-state index in [1.807, 2.05) is 61.5 Å². The van der Waals surface area contributed by atoms with Gasteiger partial charge in [0, 0.05) is 0 Å². The second-order valence-electron chi connectivity index (χ2n) is 9.56. The number of allylic oxidation sites excluding steroid dienone is 1. The van der Waals surface area contributed by atoms with E-state index >= 15 is 0 Å². The summed E-state index contributed by atoms with van der Waals surface area (Å²) in [4.78, 5) is 31.9. The lowest BCUT2D eigenvalue weighted by Gasteiger charge is -2.24. The molecule has 0 bridgehead atoms. The predicted octanol–water partition coefficient (Wildman–Crippen LogP) is 4.99. The zero-order valence-electron chi connectivity index (χ0n) is 22.4. The number of ether oxygens (including phenoxy) is 2. The van der Waals surface area contributed by atoms with Crippen molar-refractivity contribution in [2.24, 2.45) is 4.99 Å². The van der Waals surface area contributed by atoms with E-state index in [9.17, 15) is 9.59 Å². The molecule has 4 aromatic rings. The third-order valence-electron chi connectivity index (χ3n) is 6.61. The molecule has 3 aromatic carbocycles. The molecule has 6 nitrogen and oxygen atoms in total. The molecule has 0 fully saturated rings. The third-order valence-corrected chi connectivity index (χ3v) is 7.60. The van der Waals surface area contributed by atoms with Crippen LogP contribution in [0.1, 0.15) is 47.7 Å². The van der Waals surface area contributed by atoms with Gasteiger partial charge in [-0.25, -0.2) is 9.79 Å². The molecule has 1 atom stereocenters. The minimum atomic E-state index is -0.611. The van der Waals surface area contributed by atoms with Gasteiger partial charge >= 0.3 is 5.97 Å². The Balaban J connectivity index is 1.48. The van der Waals surface area contributed by atoms with E-state index in [-0.39, 0.29) is 12.2 Å². The molecule has 1 aromatic heterocycles. The highest BCUT2D eigenvalue weighted by molar-refractivity contribution is 7.07. The zero-order chi connectivity index (χ0) is 27.5. The van der Waals surface area contributed by atoms with E-state index in [2.05, 4.69) is 36.2 Å². The topological polar surface area (TPSA) is 69.9 Å². The molecule has 39 heavy (non-hydrogen) atoms. The summed E-state index contributed by atoms with van der Waals surface area (Å²) in [5.41, 5.74) is 5.86. The highest BCUT2D eigenvalue weighted by Crippen LogP contribution is 2.30.